The standard InChI is InChI=1S/C14H18N4O3/c1-4-5-10-13(16-17(2)14(10)15)9-6-7-11(18(19)20)12(8-9)21-3/h6-8H,4-5,15H2,1-3H3. The van der Waals surface area contributed by atoms with E-state index in [4.69, 9.17) is 10.5 Å². The van der Waals surface area contributed by atoms with E-state index in [-0.39, 0.29) is 11.4 Å². The van der Waals surface area contributed by atoms with E-state index >= 15 is 0 Å². The van der Waals surface area contributed by atoms with Gasteiger partial charge in [0.25, 0.3) is 0 Å². The molecule has 1 aromatic heterocycles. The van der Waals surface area contributed by atoms with Crippen LogP contribution in [0.5, 0.6) is 5.75 Å². The number of nitrogens with zero attached hydrogens (tertiary/aromatic N) is 3. The molecule has 0 fully saturated rings. The van der Waals surface area contributed by atoms with Crippen LogP contribution >= 0.6 is 0 Å². The molecule has 7 heteroatoms. The minimum atomic E-state index is -0.470. The average molecular weight is 290 g/mol. The zero-order valence-electron chi connectivity index (χ0n) is 12.3. The number of nitrogen functional groups attached to an aromatic ring is 1. The fourth-order valence-corrected chi connectivity index (χ4v) is 2.29. The Morgan fingerprint density at radius 3 is 2.76 bits per heavy atom. The molecule has 1 aromatic carbocycles. The summed E-state index contributed by atoms with van der Waals surface area (Å²) in [6, 6.07) is 4.72. The highest BCUT2D eigenvalue weighted by atomic mass is 16.6. The van der Waals surface area contributed by atoms with Crippen LogP contribution in [0.15, 0.2) is 18.2 Å². The van der Waals surface area contributed by atoms with Crippen LogP contribution in [0.2, 0.25) is 0 Å². The number of rotatable bonds is 5. The van der Waals surface area contributed by atoms with Crippen LogP contribution in [0.4, 0.5) is 11.5 Å². The smallest absolute Gasteiger partial charge is 0.310 e. The third kappa shape index (κ3) is 2.67. The molecule has 112 valence electrons. The quantitative estimate of drug-likeness (QED) is 0.674. The lowest BCUT2D eigenvalue weighted by molar-refractivity contribution is -0.385. The van der Waals surface area contributed by atoms with Gasteiger partial charge in [-0.3, -0.25) is 14.8 Å². The first-order valence-corrected chi connectivity index (χ1v) is 6.63. The van der Waals surface area contributed by atoms with Gasteiger partial charge in [0.05, 0.1) is 17.7 Å². The van der Waals surface area contributed by atoms with Gasteiger partial charge in [0.2, 0.25) is 0 Å². The van der Waals surface area contributed by atoms with Gasteiger partial charge in [0.15, 0.2) is 5.75 Å². The molecule has 7 nitrogen and oxygen atoms in total. The van der Waals surface area contributed by atoms with Crippen LogP contribution in [0.25, 0.3) is 11.3 Å². The predicted molar refractivity (Wildman–Crippen MR) is 80.3 cm³/mol. The maximum atomic E-state index is 10.9. The second-order valence-corrected chi connectivity index (χ2v) is 4.73. The molecule has 0 amide bonds. The number of nitro groups is 1. The summed E-state index contributed by atoms with van der Waals surface area (Å²) >= 11 is 0. The highest BCUT2D eigenvalue weighted by Gasteiger charge is 2.19. The van der Waals surface area contributed by atoms with Crippen molar-refractivity contribution in [2.45, 2.75) is 19.8 Å². The molecule has 2 aromatic rings. The lowest BCUT2D eigenvalue weighted by Gasteiger charge is -2.05. The van der Waals surface area contributed by atoms with Crippen molar-refractivity contribution >= 4 is 11.5 Å². The largest absolute Gasteiger partial charge is 0.490 e. The third-order valence-electron chi connectivity index (χ3n) is 3.34. The Morgan fingerprint density at radius 2 is 2.19 bits per heavy atom. The van der Waals surface area contributed by atoms with Crippen molar-refractivity contribution in [2.75, 3.05) is 12.8 Å². The zero-order chi connectivity index (χ0) is 15.6. The highest BCUT2D eigenvalue weighted by molar-refractivity contribution is 5.71. The van der Waals surface area contributed by atoms with Gasteiger partial charge in [0, 0.05) is 24.2 Å². The van der Waals surface area contributed by atoms with Gasteiger partial charge in [-0.1, -0.05) is 13.3 Å². The number of methoxy groups -OCH3 is 1. The van der Waals surface area contributed by atoms with E-state index in [1.807, 2.05) is 0 Å². The van der Waals surface area contributed by atoms with E-state index in [0.717, 1.165) is 29.7 Å². The second-order valence-electron chi connectivity index (χ2n) is 4.73. The van der Waals surface area contributed by atoms with E-state index in [9.17, 15) is 10.1 Å². The Hall–Kier alpha value is -2.57. The van der Waals surface area contributed by atoms with Gasteiger partial charge in [-0.25, -0.2) is 0 Å². The Morgan fingerprint density at radius 1 is 1.48 bits per heavy atom. The van der Waals surface area contributed by atoms with Crippen molar-refractivity contribution in [1.82, 2.24) is 9.78 Å². The molecule has 2 rings (SSSR count). The molecule has 0 bridgehead atoms. The highest BCUT2D eigenvalue weighted by Crippen LogP contribution is 2.34. The molecule has 0 atom stereocenters. The maximum Gasteiger partial charge on any atom is 0.310 e. The number of hydrogen-bond acceptors (Lipinski definition) is 5. The predicted octanol–water partition coefficient (Wildman–Crippen LogP) is 2.54. The van der Waals surface area contributed by atoms with Crippen molar-refractivity contribution in [3.05, 3.63) is 33.9 Å². The molecular weight excluding hydrogens is 272 g/mol. The molecule has 0 spiro atoms. The molecular formula is C14H18N4O3. The Bertz CT molecular complexity index is 679. The van der Waals surface area contributed by atoms with Gasteiger partial charge >= 0.3 is 5.69 Å². The van der Waals surface area contributed by atoms with Gasteiger partial charge in [-0.2, -0.15) is 5.10 Å². The maximum absolute atomic E-state index is 10.9. The fraction of sp³-hybridized carbons (Fsp3) is 0.357. The summed E-state index contributed by atoms with van der Waals surface area (Å²) in [5.74, 6) is 0.827. The van der Waals surface area contributed by atoms with Crippen LogP contribution in [-0.4, -0.2) is 21.8 Å². The van der Waals surface area contributed by atoms with Gasteiger partial charge in [0.1, 0.15) is 5.82 Å². The topological polar surface area (TPSA) is 96.2 Å². The average Bonchev–Trinajstić information content (AvgIpc) is 2.75. The molecule has 0 saturated heterocycles. The van der Waals surface area contributed by atoms with E-state index in [1.54, 1.807) is 23.9 Å². The van der Waals surface area contributed by atoms with Gasteiger partial charge in [-0.15, -0.1) is 0 Å². The van der Waals surface area contributed by atoms with Gasteiger partial charge < -0.3 is 10.5 Å². The molecule has 21 heavy (non-hydrogen) atoms. The van der Waals surface area contributed by atoms with E-state index < -0.39 is 4.92 Å². The molecule has 2 N–H and O–H groups in total. The molecule has 1 heterocycles. The van der Waals surface area contributed by atoms with E-state index in [0.29, 0.717) is 5.82 Å². The number of nitro benzene ring substituents is 1. The Kier molecular flexibility index (Phi) is 4.11. The Labute approximate surface area is 122 Å². The Balaban J connectivity index is 2.57. The summed E-state index contributed by atoms with van der Waals surface area (Å²) < 4.78 is 6.72. The first kappa shape index (κ1) is 14.8. The van der Waals surface area contributed by atoms with Crippen LogP contribution in [-0.2, 0) is 13.5 Å². The summed E-state index contributed by atoms with van der Waals surface area (Å²) in [7, 11) is 3.19. The molecule has 0 aliphatic rings. The van der Waals surface area contributed by atoms with Crippen LogP contribution < -0.4 is 10.5 Å². The number of ether oxygens (including phenoxy) is 1. The summed E-state index contributed by atoms with van der Waals surface area (Å²) in [4.78, 5) is 10.5. The lowest BCUT2D eigenvalue weighted by atomic mass is 10.0. The molecule has 0 unspecified atom stereocenters. The zero-order valence-corrected chi connectivity index (χ0v) is 12.3. The first-order chi connectivity index (χ1) is 9.99. The van der Waals surface area contributed by atoms with Crippen molar-refractivity contribution in [3.8, 4) is 17.0 Å². The number of benzene rings is 1. The number of aromatic nitrogens is 2. The van der Waals surface area contributed by atoms with Crippen molar-refractivity contribution in [1.29, 1.82) is 0 Å². The third-order valence-corrected chi connectivity index (χ3v) is 3.34. The van der Waals surface area contributed by atoms with Crippen molar-refractivity contribution < 1.29 is 9.66 Å². The lowest BCUT2D eigenvalue weighted by Crippen LogP contribution is -1.99. The molecule has 0 saturated carbocycles. The van der Waals surface area contributed by atoms with E-state index in [1.165, 1.54) is 13.2 Å². The normalized spacial score (nSPS) is 10.6. The van der Waals surface area contributed by atoms with Crippen molar-refractivity contribution in [3.63, 3.8) is 0 Å². The minimum absolute atomic E-state index is 0.0674. The number of hydrogen-bond donors (Lipinski definition) is 1. The molecule has 0 aliphatic carbocycles. The fourth-order valence-electron chi connectivity index (χ4n) is 2.29. The van der Waals surface area contributed by atoms with Gasteiger partial charge in [-0.05, 0) is 18.6 Å². The second kappa shape index (κ2) is 5.82. The van der Waals surface area contributed by atoms with Crippen LogP contribution in [0, 0.1) is 10.1 Å². The number of nitrogens with two attached hydrogens (primary N) is 1. The SMILES string of the molecule is CCCc1c(-c2ccc([N+](=O)[O-])c(OC)c2)nn(C)c1N. The summed E-state index contributed by atoms with van der Waals surface area (Å²) in [5, 5.41) is 15.4. The number of aryl methyl sites for hydroxylation is 1. The minimum Gasteiger partial charge on any atom is -0.490 e. The van der Waals surface area contributed by atoms with Crippen molar-refractivity contribution in [2.24, 2.45) is 7.05 Å². The number of anilines is 1. The van der Waals surface area contributed by atoms with Crippen LogP contribution in [0.1, 0.15) is 18.9 Å². The first-order valence-electron chi connectivity index (χ1n) is 6.63. The molecule has 0 aliphatic heterocycles. The monoisotopic (exact) mass is 290 g/mol. The summed E-state index contributed by atoms with van der Waals surface area (Å²) in [6.45, 7) is 2.06. The molecule has 0 radical (unpaired) electrons. The van der Waals surface area contributed by atoms with Crippen LogP contribution in [0.3, 0.4) is 0 Å². The summed E-state index contributed by atoms with van der Waals surface area (Å²) in [5.41, 5.74) is 8.42. The summed E-state index contributed by atoms with van der Waals surface area (Å²) in [6.07, 6.45) is 1.74. The van der Waals surface area contributed by atoms with E-state index in [2.05, 4.69) is 12.0 Å².